The van der Waals surface area contributed by atoms with Crippen LogP contribution >= 0.6 is 22.9 Å². The van der Waals surface area contributed by atoms with E-state index in [9.17, 15) is 4.79 Å². The molecule has 2 aromatic heterocycles. The first-order valence-corrected chi connectivity index (χ1v) is 9.16. The van der Waals surface area contributed by atoms with Crippen molar-refractivity contribution < 1.29 is 4.79 Å². The zero-order chi connectivity index (χ0) is 16.2. The fourth-order valence-electron chi connectivity index (χ4n) is 2.83. The minimum Gasteiger partial charge on any atom is -0.332 e. The van der Waals surface area contributed by atoms with E-state index in [4.69, 9.17) is 11.6 Å². The fraction of sp³-hybridized carbons (Fsp3) is 0.500. The molecule has 3 heterocycles. The van der Waals surface area contributed by atoms with E-state index in [0.29, 0.717) is 24.8 Å². The number of carbonyl (C=O) groups is 1. The molecule has 23 heavy (non-hydrogen) atoms. The average molecular weight is 353 g/mol. The lowest BCUT2D eigenvalue weighted by atomic mass is 10.1. The van der Waals surface area contributed by atoms with Gasteiger partial charge in [0.05, 0.1) is 16.9 Å². The molecule has 1 aliphatic rings. The monoisotopic (exact) mass is 352 g/mol. The fourth-order valence-corrected chi connectivity index (χ4v) is 3.93. The predicted molar refractivity (Wildman–Crippen MR) is 93.1 cm³/mol. The van der Waals surface area contributed by atoms with Crippen molar-refractivity contribution in [3.63, 3.8) is 0 Å². The van der Waals surface area contributed by atoms with Gasteiger partial charge in [0.25, 0.3) is 5.91 Å². The van der Waals surface area contributed by atoms with E-state index in [1.165, 1.54) is 11.3 Å². The van der Waals surface area contributed by atoms with Gasteiger partial charge in [0.15, 0.2) is 0 Å². The number of aromatic nitrogens is 2. The molecule has 3 rings (SSSR count). The molecule has 7 heteroatoms. The van der Waals surface area contributed by atoms with Gasteiger partial charge < -0.3 is 10.2 Å². The third kappa shape index (κ3) is 3.94. The van der Waals surface area contributed by atoms with Crippen LogP contribution in [0.4, 0.5) is 0 Å². The minimum absolute atomic E-state index is 0.0282. The third-order valence-corrected chi connectivity index (χ3v) is 5.33. The van der Waals surface area contributed by atoms with E-state index in [1.54, 1.807) is 4.90 Å². The molecule has 0 aromatic carbocycles. The SMILES string of the molecule is CCN(Cc1ccc(Cl)s1)C(=O)c1ccn(C2CCCNC2)n1. The lowest BCUT2D eigenvalue weighted by molar-refractivity contribution is 0.0746. The number of hydrogen-bond acceptors (Lipinski definition) is 4. The first-order valence-electron chi connectivity index (χ1n) is 7.96. The van der Waals surface area contributed by atoms with Gasteiger partial charge in [-0.05, 0) is 44.5 Å². The van der Waals surface area contributed by atoms with Crippen molar-refractivity contribution in [2.75, 3.05) is 19.6 Å². The molecule has 1 amide bonds. The van der Waals surface area contributed by atoms with Crippen molar-refractivity contribution in [2.45, 2.75) is 32.4 Å². The van der Waals surface area contributed by atoms with Crippen LogP contribution in [0.1, 0.15) is 41.2 Å². The molecule has 1 aliphatic heterocycles. The Morgan fingerprint density at radius 2 is 2.39 bits per heavy atom. The molecule has 124 valence electrons. The molecule has 5 nitrogen and oxygen atoms in total. The minimum atomic E-state index is -0.0282. The molecule has 0 spiro atoms. The second-order valence-corrected chi connectivity index (χ2v) is 7.51. The number of nitrogens with zero attached hydrogens (tertiary/aromatic N) is 3. The van der Waals surface area contributed by atoms with Crippen molar-refractivity contribution >= 4 is 28.8 Å². The normalized spacial score (nSPS) is 18.1. The Morgan fingerprint density at radius 3 is 3.04 bits per heavy atom. The van der Waals surface area contributed by atoms with Crippen LogP contribution in [0.25, 0.3) is 0 Å². The molecule has 0 radical (unpaired) electrons. The van der Waals surface area contributed by atoms with Crippen LogP contribution in [0.15, 0.2) is 24.4 Å². The van der Waals surface area contributed by atoms with E-state index in [-0.39, 0.29) is 5.91 Å². The quantitative estimate of drug-likeness (QED) is 0.899. The predicted octanol–water partition coefficient (Wildman–Crippen LogP) is 3.18. The molecule has 0 bridgehead atoms. The van der Waals surface area contributed by atoms with Crippen LogP contribution in [0.5, 0.6) is 0 Å². The van der Waals surface area contributed by atoms with Gasteiger partial charge in [-0.2, -0.15) is 5.10 Å². The number of halogens is 1. The van der Waals surface area contributed by atoms with E-state index >= 15 is 0 Å². The molecule has 0 saturated carbocycles. The molecule has 1 fully saturated rings. The number of nitrogens with one attached hydrogen (secondary N) is 1. The molecular weight excluding hydrogens is 332 g/mol. The maximum absolute atomic E-state index is 12.7. The number of piperidine rings is 1. The molecule has 1 N–H and O–H groups in total. The highest BCUT2D eigenvalue weighted by Crippen LogP contribution is 2.23. The largest absolute Gasteiger partial charge is 0.332 e. The Bertz CT molecular complexity index is 663. The van der Waals surface area contributed by atoms with Gasteiger partial charge in [0, 0.05) is 24.2 Å². The Labute approximate surface area is 145 Å². The van der Waals surface area contributed by atoms with E-state index in [0.717, 1.165) is 35.1 Å². The highest BCUT2D eigenvalue weighted by Gasteiger charge is 2.21. The first kappa shape index (κ1) is 16.5. The number of rotatable bonds is 5. The van der Waals surface area contributed by atoms with Crippen molar-refractivity contribution in [3.05, 3.63) is 39.3 Å². The van der Waals surface area contributed by atoms with Crippen LogP contribution in [0.3, 0.4) is 0 Å². The standard InChI is InChI=1S/C16H21ClN4OS/c1-2-20(11-13-5-6-15(17)23-13)16(22)14-7-9-21(19-14)12-4-3-8-18-10-12/h5-7,9,12,18H,2-4,8,10-11H2,1H3. The number of carbonyl (C=O) groups excluding carboxylic acids is 1. The molecule has 1 saturated heterocycles. The summed E-state index contributed by atoms with van der Waals surface area (Å²) in [5.41, 5.74) is 0.514. The highest BCUT2D eigenvalue weighted by atomic mass is 35.5. The Morgan fingerprint density at radius 1 is 1.52 bits per heavy atom. The van der Waals surface area contributed by atoms with Crippen LogP contribution in [-0.4, -0.2) is 40.2 Å². The summed E-state index contributed by atoms with van der Waals surface area (Å²) in [7, 11) is 0. The molecule has 1 atom stereocenters. The zero-order valence-corrected chi connectivity index (χ0v) is 14.7. The van der Waals surface area contributed by atoms with Crippen molar-refractivity contribution in [2.24, 2.45) is 0 Å². The summed E-state index contributed by atoms with van der Waals surface area (Å²) in [6, 6.07) is 6.00. The van der Waals surface area contributed by atoms with Crippen LogP contribution in [-0.2, 0) is 6.54 Å². The highest BCUT2D eigenvalue weighted by molar-refractivity contribution is 7.16. The summed E-state index contributed by atoms with van der Waals surface area (Å²) in [5, 5.41) is 7.89. The first-order chi connectivity index (χ1) is 11.2. The van der Waals surface area contributed by atoms with Gasteiger partial charge >= 0.3 is 0 Å². The van der Waals surface area contributed by atoms with E-state index in [1.807, 2.05) is 36.0 Å². The average Bonchev–Trinajstić information content (AvgIpc) is 3.22. The Hall–Kier alpha value is -1.37. The summed E-state index contributed by atoms with van der Waals surface area (Å²) in [5.74, 6) is -0.0282. The van der Waals surface area contributed by atoms with Gasteiger partial charge in [-0.15, -0.1) is 11.3 Å². The van der Waals surface area contributed by atoms with E-state index in [2.05, 4.69) is 10.4 Å². The summed E-state index contributed by atoms with van der Waals surface area (Å²) in [4.78, 5) is 15.6. The van der Waals surface area contributed by atoms with Crippen molar-refractivity contribution in [1.82, 2.24) is 20.0 Å². The van der Waals surface area contributed by atoms with Gasteiger partial charge in [0.2, 0.25) is 0 Å². The van der Waals surface area contributed by atoms with Gasteiger partial charge in [-0.1, -0.05) is 11.6 Å². The molecule has 0 aliphatic carbocycles. The second-order valence-electron chi connectivity index (χ2n) is 5.71. The van der Waals surface area contributed by atoms with Crippen molar-refractivity contribution in [3.8, 4) is 0 Å². The van der Waals surface area contributed by atoms with Gasteiger partial charge in [-0.25, -0.2) is 0 Å². The molecule has 2 aromatic rings. The van der Waals surface area contributed by atoms with Crippen molar-refractivity contribution in [1.29, 1.82) is 0 Å². The lowest BCUT2D eigenvalue weighted by Gasteiger charge is -2.23. The summed E-state index contributed by atoms with van der Waals surface area (Å²) < 4.78 is 2.67. The molecule has 1 unspecified atom stereocenters. The Balaban J connectivity index is 1.69. The number of amides is 1. The summed E-state index contributed by atoms with van der Waals surface area (Å²) in [6.45, 7) is 5.18. The van der Waals surface area contributed by atoms with Crippen LogP contribution in [0, 0.1) is 0 Å². The van der Waals surface area contributed by atoms with Gasteiger partial charge in [-0.3, -0.25) is 9.48 Å². The number of thiophene rings is 1. The van der Waals surface area contributed by atoms with E-state index < -0.39 is 0 Å². The maximum atomic E-state index is 12.7. The number of hydrogen-bond donors (Lipinski definition) is 1. The Kier molecular flexibility index (Phi) is 5.35. The third-order valence-electron chi connectivity index (χ3n) is 4.12. The summed E-state index contributed by atoms with van der Waals surface area (Å²) in [6.07, 6.45) is 4.17. The zero-order valence-electron chi connectivity index (χ0n) is 13.2. The lowest BCUT2D eigenvalue weighted by Crippen LogP contribution is -2.33. The van der Waals surface area contributed by atoms with Crippen LogP contribution < -0.4 is 5.32 Å². The smallest absolute Gasteiger partial charge is 0.274 e. The second kappa shape index (κ2) is 7.47. The topological polar surface area (TPSA) is 50.2 Å². The van der Waals surface area contributed by atoms with Gasteiger partial charge in [0.1, 0.15) is 5.69 Å². The molecular formula is C16H21ClN4OS. The maximum Gasteiger partial charge on any atom is 0.274 e. The van der Waals surface area contributed by atoms with Crippen LogP contribution in [0.2, 0.25) is 4.34 Å². The summed E-state index contributed by atoms with van der Waals surface area (Å²) >= 11 is 7.48.